The molecule has 2 heterocycles. The van der Waals surface area contributed by atoms with Crippen LogP contribution >= 0.6 is 0 Å². The normalized spacial score (nSPS) is 35.3. The van der Waals surface area contributed by atoms with Crippen LogP contribution < -0.4 is 0 Å². The van der Waals surface area contributed by atoms with Crippen LogP contribution in [0.1, 0.15) is 25.7 Å². The Kier molecular flexibility index (Phi) is 5.76. The zero-order chi connectivity index (χ0) is 14.6. The van der Waals surface area contributed by atoms with Crippen LogP contribution in [0, 0.1) is 0 Å². The zero-order valence-electron chi connectivity index (χ0n) is 11.8. The topological polar surface area (TPSA) is 80.3 Å². The van der Waals surface area contributed by atoms with E-state index in [9.17, 15) is 8.42 Å². The molecule has 2 rings (SSSR count). The molecule has 20 heavy (non-hydrogen) atoms. The molecule has 0 spiro atoms. The van der Waals surface area contributed by atoms with Gasteiger partial charge in [0.2, 0.25) is 0 Å². The predicted molar refractivity (Wildman–Crippen MR) is 69.5 cm³/mol. The summed E-state index contributed by atoms with van der Waals surface area (Å²) in [6.07, 6.45) is 2.58. The maximum Gasteiger partial charge on any atom is 0.264 e. The third kappa shape index (κ3) is 4.94. The first-order valence-electron chi connectivity index (χ1n) is 6.77. The highest BCUT2D eigenvalue weighted by Gasteiger charge is 2.39. The number of rotatable bonds is 6. The molecule has 2 aliphatic rings. The molecule has 4 atom stereocenters. The highest BCUT2D eigenvalue weighted by molar-refractivity contribution is 7.86. The van der Waals surface area contributed by atoms with Crippen molar-refractivity contribution in [1.29, 1.82) is 0 Å². The molecule has 118 valence electrons. The lowest BCUT2D eigenvalue weighted by Gasteiger charge is -2.25. The summed E-state index contributed by atoms with van der Waals surface area (Å²) in [5.74, 6) is 0. The van der Waals surface area contributed by atoms with E-state index < -0.39 is 28.6 Å². The lowest BCUT2D eigenvalue weighted by molar-refractivity contribution is -0.194. The Hall–Kier alpha value is -0.250. The molecule has 2 saturated heterocycles. The van der Waals surface area contributed by atoms with E-state index in [0.29, 0.717) is 13.0 Å². The summed E-state index contributed by atoms with van der Waals surface area (Å²) in [7, 11) is -2.03. The second kappa shape index (κ2) is 7.15. The van der Waals surface area contributed by atoms with Crippen molar-refractivity contribution in [2.45, 2.75) is 50.5 Å². The summed E-state index contributed by atoms with van der Waals surface area (Å²) >= 11 is 0. The fourth-order valence-electron chi connectivity index (χ4n) is 2.35. The molecule has 0 N–H and O–H groups in total. The van der Waals surface area contributed by atoms with Crippen LogP contribution in [0.25, 0.3) is 0 Å². The van der Waals surface area contributed by atoms with Gasteiger partial charge in [-0.2, -0.15) is 8.42 Å². The van der Waals surface area contributed by atoms with Gasteiger partial charge >= 0.3 is 0 Å². The van der Waals surface area contributed by atoms with Crippen LogP contribution in [0.5, 0.6) is 0 Å². The van der Waals surface area contributed by atoms with E-state index in [1.807, 2.05) is 0 Å². The Morgan fingerprint density at radius 3 is 2.65 bits per heavy atom. The molecule has 2 unspecified atom stereocenters. The van der Waals surface area contributed by atoms with Crippen LogP contribution in [0.15, 0.2) is 0 Å². The van der Waals surface area contributed by atoms with Crippen LogP contribution in [-0.2, 0) is 33.2 Å². The molecule has 0 saturated carbocycles. The Labute approximate surface area is 119 Å². The average Bonchev–Trinajstić information content (AvgIpc) is 2.78. The smallest absolute Gasteiger partial charge is 0.264 e. The molecule has 0 aromatic rings. The zero-order valence-corrected chi connectivity index (χ0v) is 12.6. The summed E-state index contributed by atoms with van der Waals surface area (Å²) in [4.78, 5) is 0. The highest BCUT2D eigenvalue weighted by Crippen LogP contribution is 2.26. The molecule has 0 aliphatic carbocycles. The molecule has 0 radical (unpaired) electrons. The van der Waals surface area contributed by atoms with Gasteiger partial charge < -0.3 is 18.9 Å². The van der Waals surface area contributed by atoms with E-state index in [2.05, 4.69) is 0 Å². The molecule has 8 heteroatoms. The van der Waals surface area contributed by atoms with E-state index in [1.54, 1.807) is 0 Å². The van der Waals surface area contributed by atoms with Gasteiger partial charge in [0, 0.05) is 20.1 Å². The van der Waals surface area contributed by atoms with Crippen molar-refractivity contribution in [2.75, 3.05) is 26.6 Å². The highest BCUT2D eigenvalue weighted by atomic mass is 32.2. The average molecular weight is 310 g/mol. The summed E-state index contributed by atoms with van der Waals surface area (Å²) in [6.45, 7) is 0.921. The van der Waals surface area contributed by atoms with Gasteiger partial charge in [0.1, 0.15) is 12.2 Å². The summed E-state index contributed by atoms with van der Waals surface area (Å²) in [5, 5.41) is 0. The molecule has 0 aromatic carbocycles. The van der Waals surface area contributed by atoms with Gasteiger partial charge in [0.15, 0.2) is 12.6 Å². The number of methoxy groups -OCH3 is 1. The lowest BCUT2D eigenvalue weighted by Crippen LogP contribution is -2.34. The van der Waals surface area contributed by atoms with E-state index in [-0.39, 0.29) is 12.9 Å². The van der Waals surface area contributed by atoms with Crippen molar-refractivity contribution < 1.29 is 31.5 Å². The van der Waals surface area contributed by atoms with E-state index in [4.69, 9.17) is 23.1 Å². The monoisotopic (exact) mass is 310 g/mol. The van der Waals surface area contributed by atoms with Crippen molar-refractivity contribution in [1.82, 2.24) is 0 Å². The van der Waals surface area contributed by atoms with Gasteiger partial charge in [-0.25, -0.2) is 0 Å². The van der Waals surface area contributed by atoms with Gasteiger partial charge in [-0.15, -0.1) is 0 Å². The van der Waals surface area contributed by atoms with Crippen LogP contribution in [-0.4, -0.2) is 59.8 Å². The molecule has 2 fully saturated rings. The second-order valence-electron chi connectivity index (χ2n) is 5.04. The Morgan fingerprint density at radius 1 is 1.25 bits per heavy atom. The lowest BCUT2D eigenvalue weighted by atomic mass is 10.2. The van der Waals surface area contributed by atoms with Gasteiger partial charge in [-0.1, -0.05) is 0 Å². The summed E-state index contributed by atoms with van der Waals surface area (Å²) < 4.78 is 49.3. The Morgan fingerprint density at radius 2 is 2.05 bits per heavy atom. The molecule has 0 bridgehead atoms. The minimum Gasteiger partial charge on any atom is -0.356 e. The van der Waals surface area contributed by atoms with Gasteiger partial charge in [-0.05, 0) is 19.3 Å². The fourth-order valence-corrected chi connectivity index (χ4v) is 3.00. The maximum absolute atomic E-state index is 11.2. The van der Waals surface area contributed by atoms with Crippen molar-refractivity contribution >= 4 is 10.1 Å². The van der Waals surface area contributed by atoms with E-state index in [0.717, 1.165) is 25.5 Å². The minimum atomic E-state index is -3.54. The fraction of sp³-hybridized carbons (Fsp3) is 1.00. The quantitative estimate of drug-likeness (QED) is 0.666. The molecule has 7 nitrogen and oxygen atoms in total. The van der Waals surface area contributed by atoms with Gasteiger partial charge in [0.05, 0.1) is 12.9 Å². The standard InChI is InChI=1S/C12H22O7S/c1-15-12-7-9(19-20(2,13)14)10(18-12)8-17-11-5-3-4-6-16-11/h9-12H,3-8H2,1-2H3/t9-,10+,11?,12?/m0/s1. The van der Waals surface area contributed by atoms with E-state index in [1.165, 1.54) is 7.11 Å². The predicted octanol–water partition coefficient (Wildman–Crippen LogP) is 0.636. The Bertz CT molecular complexity index is 391. The van der Waals surface area contributed by atoms with Crippen LogP contribution in [0.2, 0.25) is 0 Å². The summed E-state index contributed by atoms with van der Waals surface area (Å²) in [5.41, 5.74) is 0. The number of ether oxygens (including phenoxy) is 4. The summed E-state index contributed by atoms with van der Waals surface area (Å²) in [6, 6.07) is 0. The molecule has 0 amide bonds. The van der Waals surface area contributed by atoms with Crippen molar-refractivity contribution in [3.8, 4) is 0 Å². The number of hydrogen-bond acceptors (Lipinski definition) is 7. The maximum atomic E-state index is 11.2. The van der Waals surface area contributed by atoms with Crippen molar-refractivity contribution in [2.24, 2.45) is 0 Å². The first kappa shape index (κ1) is 16.1. The third-order valence-electron chi connectivity index (χ3n) is 3.31. The molecular weight excluding hydrogens is 288 g/mol. The largest absolute Gasteiger partial charge is 0.356 e. The van der Waals surface area contributed by atoms with Crippen molar-refractivity contribution in [3.05, 3.63) is 0 Å². The number of hydrogen-bond donors (Lipinski definition) is 0. The first-order valence-corrected chi connectivity index (χ1v) is 8.59. The first-order chi connectivity index (χ1) is 9.48. The molecule has 2 aliphatic heterocycles. The minimum absolute atomic E-state index is 0.227. The molecule has 0 aromatic heterocycles. The SMILES string of the molecule is COC1C[C@H](OS(C)(=O)=O)[C@@H](COC2CCCCO2)O1. The van der Waals surface area contributed by atoms with Crippen LogP contribution in [0.3, 0.4) is 0 Å². The second-order valence-corrected chi connectivity index (χ2v) is 6.64. The Balaban J connectivity index is 1.85. The van der Waals surface area contributed by atoms with Crippen molar-refractivity contribution in [3.63, 3.8) is 0 Å². The van der Waals surface area contributed by atoms with Crippen LogP contribution in [0.4, 0.5) is 0 Å². The van der Waals surface area contributed by atoms with Gasteiger partial charge in [-0.3, -0.25) is 4.18 Å². The third-order valence-corrected chi connectivity index (χ3v) is 3.91. The molecular formula is C12H22O7S. The van der Waals surface area contributed by atoms with E-state index >= 15 is 0 Å². The van der Waals surface area contributed by atoms with Gasteiger partial charge in [0.25, 0.3) is 10.1 Å².